The molecular weight excluding hydrogens is 202 g/mol. The zero-order valence-corrected chi connectivity index (χ0v) is 8.21. The molecule has 0 aliphatic heterocycles. The lowest BCUT2D eigenvalue weighted by atomic mass is 10.1. The van der Waals surface area contributed by atoms with Gasteiger partial charge in [-0.25, -0.2) is 0 Å². The van der Waals surface area contributed by atoms with Crippen LogP contribution in [0, 0.1) is 0 Å². The molecule has 0 bridgehead atoms. The van der Waals surface area contributed by atoms with Crippen molar-refractivity contribution in [2.45, 2.75) is 24.6 Å². The van der Waals surface area contributed by atoms with E-state index in [-0.39, 0.29) is 0 Å². The fourth-order valence-electron chi connectivity index (χ4n) is 0.919. The van der Waals surface area contributed by atoms with Crippen molar-refractivity contribution >= 4 is 15.9 Å². The van der Waals surface area contributed by atoms with Crippen molar-refractivity contribution in [3.8, 4) is 0 Å². The van der Waals surface area contributed by atoms with Gasteiger partial charge in [-0.3, -0.25) is 4.98 Å². The van der Waals surface area contributed by atoms with E-state index in [9.17, 15) is 0 Å². The number of hydrogen-bond acceptors (Lipinski definition) is 1. The Morgan fingerprint density at radius 3 is 2.64 bits per heavy atom. The monoisotopic (exact) mass is 213 g/mol. The maximum Gasteiger partial charge on any atom is 0.0270 e. The van der Waals surface area contributed by atoms with Crippen molar-refractivity contribution < 1.29 is 0 Å². The predicted octanol–water partition coefficient (Wildman–Crippen LogP) is 2.80. The zero-order valence-electron chi connectivity index (χ0n) is 6.63. The number of halogens is 1. The molecule has 2 heteroatoms. The van der Waals surface area contributed by atoms with E-state index >= 15 is 0 Å². The summed E-state index contributed by atoms with van der Waals surface area (Å²) in [5.74, 6) is 0. The van der Waals surface area contributed by atoms with Gasteiger partial charge in [-0.05, 0) is 30.5 Å². The maximum atomic E-state index is 3.96. The van der Waals surface area contributed by atoms with Crippen LogP contribution in [-0.2, 0) is 6.42 Å². The van der Waals surface area contributed by atoms with E-state index in [1.54, 1.807) is 0 Å². The van der Waals surface area contributed by atoms with E-state index in [1.165, 1.54) is 12.0 Å². The molecule has 0 aliphatic carbocycles. The zero-order chi connectivity index (χ0) is 8.10. The molecule has 1 aromatic rings. The van der Waals surface area contributed by atoms with Gasteiger partial charge in [-0.15, -0.1) is 0 Å². The molecule has 0 fully saturated rings. The lowest BCUT2D eigenvalue weighted by Crippen LogP contribution is -1.99. The molecule has 0 amide bonds. The highest BCUT2D eigenvalue weighted by Crippen LogP contribution is 2.11. The molecule has 0 aliphatic rings. The highest BCUT2D eigenvalue weighted by Gasteiger charge is 2.00. The van der Waals surface area contributed by atoms with Gasteiger partial charge >= 0.3 is 0 Å². The molecule has 1 rings (SSSR count). The molecule has 0 unspecified atom stereocenters. The Morgan fingerprint density at radius 2 is 2.09 bits per heavy atom. The predicted molar refractivity (Wildman–Crippen MR) is 50.9 cm³/mol. The van der Waals surface area contributed by atoms with Crippen molar-refractivity contribution in [2.75, 3.05) is 0 Å². The van der Waals surface area contributed by atoms with Crippen LogP contribution in [0.3, 0.4) is 0 Å². The Kier molecular flexibility index (Phi) is 3.57. The number of aromatic nitrogens is 1. The van der Waals surface area contributed by atoms with Gasteiger partial charge in [-0.2, -0.15) is 0 Å². The summed E-state index contributed by atoms with van der Waals surface area (Å²) in [5, 5.41) is 0. The second-order valence-corrected chi connectivity index (χ2v) is 3.86. The highest BCUT2D eigenvalue weighted by atomic mass is 79.9. The molecule has 0 saturated heterocycles. The van der Waals surface area contributed by atoms with Gasteiger partial charge in [-0.1, -0.05) is 22.9 Å². The Bertz CT molecular complexity index is 198. The fourth-order valence-corrected chi connectivity index (χ4v) is 1.29. The first-order valence-electron chi connectivity index (χ1n) is 3.86. The first-order valence-corrected chi connectivity index (χ1v) is 4.77. The van der Waals surface area contributed by atoms with Crippen molar-refractivity contribution in [3.05, 3.63) is 30.1 Å². The second-order valence-electron chi connectivity index (χ2n) is 2.57. The van der Waals surface area contributed by atoms with E-state index in [4.69, 9.17) is 0 Å². The molecule has 1 atom stereocenters. The molecule has 0 spiro atoms. The first-order chi connectivity index (χ1) is 5.33. The minimum Gasteiger partial charge on any atom is -0.265 e. The van der Waals surface area contributed by atoms with Crippen molar-refractivity contribution in [1.82, 2.24) is 4.98 Å². The largest absolute Gasteiger partial charge is 0.265 e. The summed E-state index contributed by atoms with van der Waals surface area (Å²) in [7, 11) is 0. The van der Waals surface area contributed by atoms with E-state index < -0.39 is 0 Å². The number of rotatable bonds is 3. The number of alkyl halides is 1. The van der Waals surface area contributed by atoms with E-state index in [1.807, 2.05) is 12.4 Å². The summed E-state index contributed by atoms with van der Waals surface area (Å²) in [4.78, 5) is 4.56. The van der Waals surface area contributed by atoms with Gasteiger partial charge < -0.3 is 0 Å². The summed E-state index contributed by atoms with van der Waals surface area (Å²) in [5.41, 5.74) is 1.35. The van der Waals surface area contributed by atoms with Gasteiger partial charge in [0.25, 0.3) is 0 Å². The molecular formula is C9H12BrN. The van der Waals surface area contributed by atoms with Crippen molar-refractivity contribution in [1.29, 1.82) is 0 Å². The minimum atomic E-state index is 0.602. The maximum absolute atomic E-state index is 3.96. The fraction of sp³-hybridized carbons (Fsp3) is 0.444. The Labute approximate surface area is 76.0 Å². The third kappa shape index (κ3) is 3.02. The lowest BCUT2D eigenvalue weighted by molar-refractivity contribution is 0.828. The molecule has 0 aromatic carbocycles. The van der Waals surface area contributed by atoms with Crippen LogP contribution < -0.4 is 0 Å². The van der Waals surface area contributed by atoms with Crippen LogP contribution in [-0.4, -0.2) is 9.81 Å². The average molecular weight is 214 g/mol. The Balaban J connectivity index is 2.51. The third-order valence-electron chi connectivity index (χ3n) is 1.65. The molecule has 0 N–H and O–H groups in total. The molecule has 60 valence electrons. The summed E-state index contributed by atoms with van der Waals surface area (Å²) in [6.45, 7) is 2.18. The highest BCUT2D eigenvalue weighted by molar-refractivity contribution is 9.09. The summed E-state index contributed by atoms with van der Waals surface area (Å²) < 4.78 is 0. The number of pyridine rings is 1. The van der Waals surface area contributed by atoms with Gasteiger partial charge in [0.05, 0.1) is 0 Å². The van der Waals surface area contributed by atoms with Crippen LogP contribution in [0.4, 0.5) is 0 Å². The van der Waals surface area contributed by atoms with Crippen LogP contribution in [0.1, 0.15) is 18.9 Å². The smallest absolute Gasteiger partial charge is 0.0270 e. The van der Waals surface area contributed by atoms with Crippen LogP contribution in [0.5, 0.6) is 0 Å². The molecule has 1 nitrogen and oxygen atoms in total. The Hall–Kier alpha value is -0.370. The van der Waals surface area contributed by atoms with Crippen molar-refractivity contribution in [2.24, 2.45) is 0 Å². The van der Waals surface area contributed by atoms with Gasteiger partial charge in [0.1, 0.15) is 0 Å². The summed E-state index contributed by atoms with van der Waals surface area (Å²) in [6.07, 6.45) is 5.94. The number of hydrogen-bond donors (Lipinski definition) is 0. The van der Waals surface area contributed by atoms with Crippen LogP contribution in [0.15, 0.2) is 24.5 Å². The second kappa shape index (κ2) is 4.50. The van der Waals surface area contributed by atoms with Crippen LogP contribution in [0.25, 0.3) is 0 Å². The van der Waals surface area contributed by atoms with Gasteiger partial charge in [0, 0.05) is 17.2 Å². The topological polar surface area (TPSA) is 12.9 Å². The van der Waals surface area contributed by atoms with Gasteiger partial charge in [0.2, 0.25) is 0 Å². The van der Waals surface area contributed by atoms with E-state index in [0.29, 0.717) is 4.83 Å². The summed E-state index contributed by atoms with van der Waals surface area (Å²) >= 11 is 3.59. The van der Waals surface area contributed by atoms with E-state index in [0.717, 1.165) is 6.42 Å². The van der Waals surface area contributed by atoms with Crippen LogP contribution in [0.2, 0.25) is 0 Å². The van der Waals surface area contributed by atoms with E-state index in [2.05, 4.69) is 40.0 Å². The lowest BCUT2D eigenvalue weighted by Gasteiger charge is -2.04. The minimum absolute atomic E-state index is 0.602. The molecule has 1 aromatic heterocycles. The average Bonchev–Trinajstić information content (AvgIpc) is 2.06. The summed E-state index contributed by atoms with van der Waals surface area (Å²) in [6, 6.07) is 4.12. The first kappa shape index (κ1) is 8.72. The van der Waals surface area contributed by atoms with Gasteiger partial charge in [0.15, 0.2) is 0 Å². The number of nitrogens with zero attached hydrogens (tertiary/aromatic N) is 1. The van der Waals surface area contributed by atoms with Crippen LogP contribution >= 0.6 is 15.9 Å². The standard InChI is InChI=1S/C9H12BrN/c1-2-9(10)7-8-3-5-11-6-4-8/h3-6,9H,2,7H2,1H3/t9-/m0/s1. The SMILES string of the molecule is CC[C@H](Br)Cc1ccncc1. The quantitative estimate of drug-likeness (QED) is 0.705. The molecule has 0 radical (unpaired) electrons. The normalized spacial score (nSPS) is 12.9. The molecule has 11 heavy (non-hydrogen) atoms. The third-order valence-corrected chi connectivity index (χ3v) is 2.62. The molecule has 0 saturated carbocycles. The Morgan fingerprint density at radius 1 is 1.45 bits per heavy atom. The van der Waals surface area contributed by atoms with Crippen molar-refractivity contribution in [3.63, 3.8) is 0 Å². The molecule has 1 heterocycles.